The molecule has 1 saturated heterocycles. The Morgan fingerprint density at radius 3 is 2.35 bits per heavy atom. The summed E-state index contributed by atoms with van der Waals surface area (Å²) >= 11 is 13.9. The summed E-state index contributed by atoms with van der Waals surface area (Å²) in [4.78, 5) is 20.3. The predicted molar refractivity (Wildman–Crippen MR) is 143 cm³/mol. The second-order valence-electron chi connectivity index (χ2n) is 7.57. The zero-order valence-corrected chi connectivity index (χ0v) is 20.8. The minimum atomic E-state index is -0.186. The molecule has 0 unspecified atom stereocenters. The molecule has 7 heteroatoms. The number of aryl methyl sites for hydroxylation is 2. The van der Waals surface area contributed by atoms with Crippen molar-refractivity contribution < 1.29 is 9.53 Å². The summed E-state index contributed by atoms with van der Waals surface area (Å²) in [5.41, 5.74) is 4.04. The molecule has 3 aromatic rings. The number of thioether (sulfide) groups is 1. The van der Waals surface area contributed by atoms with Crippen LogP contribution in [0.3, 0.4) is 0 Å². The van der Waals surface area contributed by atoms with Gasteiger partial charge in [-0.1, -0.05) is 53.4 Å². The van der Waals surface area contributed by atoms with Gasteiger partial charge in [-0.25, -0.2) is 4.99 Å². The molecule has 0 saturated carbocycles. The van der Waals surface area contributed by atoms with Crippen LogP contribution in [0.25, 0.3) is 6.08 Å². The maximum Gasteiger partial charge on any atom is 0.271 e. The number of rotatable bonds is 5. The summed E-state index contributed by atoms with van der Waals surface area (Å²) in [5.74, 6) is 2.92. The zero-order chi connectivity index (χ0) is 24.2. The van der Waals surface area contributed by atoms with Gasteiger partial charge in [0.15, 0.2) is 5.17 Å². The lowest BCUT2D eigenvalue weighted by Crippen LogP contribution is -2.28. The molecule has 0 N–H and O–H groups in total. The van der Waals surface area contributed by atoms with Gasteiger partial charge in [-0.15, -0.1) is 6.42 Å². The van der Waals surface area contributed by atoms with Crippen LogP contribution >= 0.6 is 35.0 Å². The van der Waals surface area contributed by atoms with Crippen LogP contribution < -0.4 is 9.64 Å². The Morgan fingerprint density at radius 1 is 1.03 bits per heavy atom. The van der Waals surface area contributed by atoms with E-state index >= 15 is 0 Å². The van der Waals surface area contributed by atoms with E-state index in [9.17, 15) is 4.79 Å². The van der Waals surface area contributed by atoms with E-state index in [1.54, 1.807) is 17.0 Å². The van der Waals surface area contributed by atoms with Crippen LogP contribution in [-0.2, 0) is 4.79 Å². The van der Waals surface area contributed by atoms with Crippen LogP contribution in [-0.4, -0.2) is 17.7 Å². The van der Waals surface area contributed by atoms with Gasteiger partial charge in [0.2, 0.25) is 0 Å². The molecular weight excluding hydrogens is 487 g/mol. The normalized spacial score (nSPS) is 15.7. The van der Waals surface area contributed by atoms with Crippen LogP contribution in [0.2, 0.25) is 10.0 Å². The fraction of sp³-hybridized carbons (Fsp3) is 0.111. The van der Waals surface area contributed by atoms with Crippen molar-refractivity contribution in [2.75, 3.05) is 11.5 Å². The second kappa shape index (κ2) is 10.4. The summed E-state index contributed by atoms with van der Waals surface area (Å²) in [7, 11) is 0. The van der Waals surface area contributed by atoms with Crippen molar-refractivity contribution in [2.24, 2.45) is 4.99 Å². The van der Waals surface area contributed by atoms with E-state index in [1.165, 1.54) is 11.8 Å². The number of aliphatic imine (C=N–C) groups is 1. The van der Waals surface area contributed by atoms with Gasteiger partial charge < -0.3 is 4.74 Å². The average molecular weight is 507 g/mol. The molecule has 34 heavy (non-hydrogen) atoms. The molecule has 0 radical (unpaired) electrons. The van der Waals surface area contributed by atoms with Gasteiger partial charge in [-0.05, 0) is 84.8 Å². The number of terminal acetylenes is 1. The maximum absolute atomic E-state index is 13.5. The molecule has 1 amide bonds. The van der Waals surface area contributed by atoms with Crippen molar-refractivity contribution >= 4 is 63.5 Å². The molecule has 1 heterocycles. The third kappa shape index (κ3) is 5.31. The van der Waals surface area contributed by atoms with Crippen LogP contribution in [0.15, 0.2) is 70.6 Å². The van der Waals surface area contributed by atoms with Crippen LogP contribution in [0, 0.1) is 26.2 Å². The number of anilines is 1. The molecule has 0 atom stereocenters. The quantitative estimate of drug-likeness (QED) is 0.266. The number of benzene rings is 3. The number of hydrogen-bond acceptors (Lipinski definition) is 4. The van der Waals surface area contributed by atoms with Crippen molar-refractivity contribution in [1.29, 1.82) is 0 Å². The van der Waals surface area contributed by atoms with Crippen molar-refractivity contribution in [3.8, 4) is 18.1 Å². The molecule has 0 aliphatic carbocycles. The van der Waals surface area contributed by atoms with Crippen molar-refractivity contribution in [2.45, 2.75) is 13.8 Å². The van der Waals surface area contributed by atoms with Gasteiger partial charge in [0.25, 0.3) is 5.91 Å². The zero-order valence-electron chi connectivity index (χ0n) is 18.5. The summed E-state index contributed by atoms with van der Waals surface area (Å²) in [6.07, 6.45) is 7.06. The van der Waals surface area contributed by atoms with E-state index in [0.29, 0.717) is 37.2 Å². The molecule has 170 valence electrons. The molecule has 0 spiro atoms. The minimum absolute atomic E-state index is 0.186. The van der Waals surface area contributed by atoms with E-state index in [0.717, 1.165) is 16.7 Å². The first-order chi connectivity index (χ1) is 16.4. The minimum Gasteiger partial charge on any atom is -0.481 e. The number of carbonyl (C=O) groups is 1. The Morgan fingerprint density at radius 2 is 1.71 bits per heavy atom. The van der Waals surface area contributed by atoms with E-state index in [1.807, 2.05) is 68.5 Å². The molecule has 1 fully saturated rings. The summed E-state index contributed by atoms with van der Waals surface area (Å²) < 4.78 is 5.42. The Labute approximate surface area is 213 Å². The van der Waals surface area contributed by atoms with Gasteiger partial charge in [0.1, 0.15) is 12.4 Å². The third-order valence-corrected chi connectivity index (χ3v) is 6.88. The smallest absolute Gasteiger partial charge is 0.271 e. The lowest BCUT2D eigenvalue weighted by molar-refractivity contribution is -0.113. The van der Waals surface area contributed by atoms with Gasteiger partial charge in [0.05, 0.1) is 16.3 Å². The highest BCUT2D eigenvalue weighted by Crippen LogP contribution is 2.39. The first kappa shape index (κ1) is 24.0. The van der Waals surface area contributed by atoms with E-state index in [4.69, 9.17) is 39.4 Å². The Balaban J connectivity index is 1.72. The first-order valence-corrected chi connectivity index (χ1v) is 11.9. The lowest BCUT2D eigenvalue weighted by atomic mass is 10.2. The highest BCUT2D eigenvalue weighted by Gasteiger charge is 2.35. The summed E-state index contributed by atoms with van der Waals surface area (Å²) in [6, 6.07) is 18.4. The summed E-state index contributed by atoms with van der Waals surface area (Å²) in [6.45, 7) is 4.04. The van der Waals surface area contributed by atoms with Crippen LogP contribution in [0.1, 0.15) is 16.7 Å². The number of amidine groups is 1. The molecule has 4 rings (SSSR count). The predicted octanol–water partition coefficient (Wildman–Crippen LogP) is 7.43. The number of halogens is 2. The molecule has 0 bridgehead atoms. The average Bonchev–Trinajstić information content (AvgIpc) is 3.12. The first-order valence-electron chi connectivity index (χ1n) is 10.4. The maximum atomic E-state index is 13.5. The number of ether oxygens (including phenoxy) is 1. The lowest BCUT2D eigenvalue weighted by Gasteiger charge is -2.16. The Hall–Kier alpha value is -3.17. The van der Waals surface area contributed by atoms with Gasteiger partial charge in [0, 0.05) is 10.0 Å². The Bertz CT molecular complexity index is 1360. The largest absolute Gasteiger partial charge is 0.481 e. The third-order valence-electron chi connectivity index (χ3n) is 5.10. The van der Waals surface area contributed by atoms with Crippen LogP contribution in [0.4, 0.5) is 11.4 Å². The highest BCUT2D eigenvalue weighted by atomic mass is 35.5. The van der Waals surface area contributed by atoms with Gasteiger partial charge in [-0.3, -0.25) is 9.69 Å². The molecular formula is C27H20Cl2N2O2S. The van der Waals surface area contributed by atoms with E-state index in [-0.39, 0.29) is 12.5 Å². The number of amides is 1. The molecule has 3 aromatic carbocycles. The van der Waals surface area contributed by atoms with Crippen LogP contribution in [0.5, 0.6) is 5.75 Å². The van der Waals surface area contributed by atoms with Gasteiger partial charge >= 0.3 is 0 Å². The molecule has 0 aromatic heterocycles. The van der Waals surface area contributed by atoms with Crippen molar-refractivity contribution in [1.82, 2.24) is 0 Å². The molecule has 1 aliphatic rings. The fourth-order valence-electron chi connectivity index (χ4n) is 3.20. The van der Waals surface area contributed by atoms with Crippen molar-refractivity contribution in [3.63, 3.8) is 0 Å². The topological polar surface area (TPSA) is 41.9 Å². The highest BCUT2D eigenvalue weighted by molar-refractivity contribution is 8.19. The number of hydrogen-bond donors (Lipinski definition) is 0. The molecule has 4 nitrogen and oxygen atoms in total. The SMILES string of the molecule is C#CCOc1ccc(/C=C2/SC(=Nc3ccc(C)c(Cl)c3)N(c3ccc(C)c(Cl)c3)C2=O)cc1. The van der Waals surface area contributed by atoms with E-state index < -0.39 is 0 Å². The second-order valence-corrected chi connectivity index (χ2v) is 9.40. The molecule has 1 aliphatic heterocycles. The van der Waals surface area contributed by atoms with E-state index in [2.05, 4.69) is 5.92 Å². The number of nitrogens with zero attached hydrogens (tertiary/aromatic N) is 2. The number of carbonyl (C=O) groups excluding carboxylic acids is 1. The standard InChI is InChI=1S/C27H20Cl2N2O2S/c1-4-13-33-22-11-7-19(8-12-22)14-25-26(32)31(21-10-6-18(3)24(29)16-21)27(34-25)30-20-9-5-17(2)23(28)15-20/h1,5-12,14-16H,13H2,2-3H3/b25-14+,30-27?. The van der Waals surface area contributed by atoms with Crippen molar-refractivity contribution in [3.05, 3.63) is 92.3 Å². The fourth-order valence-corrected chi connectivity index (χ4v) is 4.55. The summed E-state index contributed by atoms with van der Waals surface area (Å²) in [5, 5.41) is 1.71. The monoisotopic (exact) mass is 506 g/mol. The Kier molecular flexibility index (Phi) is 7.33. The van der Waals surface area contributed by atoms with Gasteiger partial charge in [-0.2, -0.15) is 0 Å².